The average Bonchev–Trinajstić information content (AvgIpc) is 3.13. The number of rotatable bonds is 3. The van der Waals surface area contributed by atoms with Crippen molar-refractivity contribution in [2.24, 2.45) is 0 Å². The van der Waals surface area contributed by atoms with E-state index in [1.165, 1.54) is 11.3 Å². The van der Waals surface area contributed by atoms with Gasteiger partial charge in [-0.25, -0.2) is 0 Å². The summed E-state index contributed by atoms with van der Waals surface area (Å²) in [7, 11) is 0. The fourth-order valence-corrected chi connectivity index (χ4v) is 3.51. The molecule has 10 heteroatoms. The Bertz CT molecular complexity index is 821. The predicted octanol–water partition coefficient (Wildman–Crippen LogP) is 3.68. The van der Waals surface area contributed by atoms with Crippen LogP contribution in [-0.2, 0) is 9.59 Å². The SMILES string of the molecule is Cc1cccc(N2CC(c3nnc(NC(=O)C(Cl)(Cl)Cl)s3)CC2=O)c1. The highest BCUT2D eigenvalue weighted by molar-refractivity contribution is 7.15. The number of amides is 2. The lowest BCUT2D eigenvalue weighted by atomic mass is 10.1. The Balaban J connectivity index is 1.72. The van der Waals surface area contributed by atoms with Gasteiger partial charge in [-0.15, -0.1) is 10.2 Å². The number of aryl methyl sites for hydroxylation is 1. The van der Waals surface area contributed by atoms with E-state index in [1.807, 2.05) is 31.2 Å². The van der Waals surface area contributed by atoms with Gasteiger partial charge < -0.3 is 4.90 Å². The van der Waals surface area contributed by atoms with Crippen LogP contribution in [0, 0.1) is 6.92 Å². The number of hydrogen-bond donors (Lipinski definition) is 1. The van der Waals surface area contributed by atoms with E-state index in [0.29, 0.717) is 18.0 Å². The van der Waals surface area contributed by atoms with Crippen LogP contribution in [0.15, 0.2) is 24.3 Å². The maximum atomic E-state index is 12.3. The maximum absolute atomic E-state index is 12.3. The minimum absolute atomic E-state index is 0.0256. The lowest BCUT2D eigenvalue weighted by molar-refractivity contribution is -0.117. The average molecular weight is 420 g/mol. The molecule has 3 rings (SSSR count). The highest BCUT2D eigenvalue weighted by Crippen LogP contribution is 2.35. The quantitative estimate of drug-likeness (QED) is 0.770. The number of aromatic nitrogens is 2. The second-order valence-electron chi connectivity index (χ2n) is 5.64. The monoisotopic (exact) mass is 418 g/mol. The molecule has 6 nitrogen and oxygen atoms in total. The van der Waals surface area contributed by atoms with Gasteiger partial charge >= 0.3 is 0 Å². The van der Waals surface area contributed by atoms with Gasteiger partial charge in [0.2, 0.25) is 11.0 Å². The largest absolute Gasteiger partial charge is 0.312 e. The summed E-state index contributed by atoms with van der Waals surface area (Å²) in [5, 5.41) is 11.2. The molecular formula is C15H13Cl3N4O2S. The van der Waals surface area contributed by atoms with Crippen LogP contribution in [0.3, 0.4) is 0 Å². The third kappa shape index (κ3) is 4.23. The molecule has 1 aromatic heterocycles. The summed E-state index contributed by atoms with van der Waals surface area (Å²) in [4.78, 5) is 25.7. The predicted molar refractivity (Wildman–Crippen MR) is 99.7 cm³/mol. The molecule has 1 saturated heterocycles. The molecule has 0 bridgehead atoms. The molecule has 2 heterocycles. The molecule has 2 aromatic rings. The number of carbonyl (C=O) groups excluding carboxylic acids is 2. The van der Waals surface area contributed by atoms with Crippen LogP contribution < -0.4 is 10.2 Å². The summed E-state index contributed by atoms with van der Waals surface area (Å²) in [6.45, 7) is 2.49. The number of benzene rings is 1. The van der Waals surface area contributed by atoms with Gasteiger partial charge in [0.1, 0.15) is 5.01 Å². The van der Waals surface area contributed by atoms with E-state index in [4.69, 9.17) is 34.8 Å². The van der Waals surface area contributed by atoms with Crippen LogP contribution in [-0.4, -0.2) is 32.3 Å². The molecule has 0 radical (unpaired) electrons. The zero-order valence-corrected chi connectivity index (χ0v) is 16.1. The van der Waals surface area contributed by atoms with Crippen molar-refractivity contribution in [3.05, 3.63) is 34.8 Å². The summed E-state index contributed by atoms with van der Waals surface area (Å²) in [5.41, 5.74) is 1.95. The highest BCUT2D eigenvalue weighted by atomic mass is 35.6. The zero-order chi connectivity index (χ0) is 18.2. The van der Waals surface area contributed by atoms with E-state index >= 15 is 0 Å². The van der Waals surface area contributed by atoms with Crippen LogP contribution in [0.4, 0.5) is 10.8 Å². The van der Waals surface area contributed by atoms with E-state index in [0.717, 1.165) is 11.3 Å². The van der Waals surface area contributed by atoms with Crippen LogP contribution in [0.2, 0.25) is 0 Å². The third-order valence-corrected chi connectivity index (χ3v) is 5.22. The van der Waals surface area contributed by atoms with Crippen LogP contribution >= 0.6 is 46.1 Å². The van der Waals surface area contributed by atoms with Gasteiger partial charge in [0, 0.05) is 24.6 Å². The Morgan fingerprint density at radius 1 is 1.36 bits per heavy atom. The molecule has 1 aromatic carbocycles. The fraction of sp³-hybridized carbons (Fsp3) is 0.333. The number of carbonyl (C=O) groups is 2. The Kier molecular flexibility index (Phi) is 5.20. The number of alkyl halides is 3. The van der Waals surface area contributed by atoms with Crippen LogP contribution in [0.5, 0.6) is 0 Å². The van der Waals surface area contributed by atoms with Crippen molar-refractivity contribution in [2.45, 2.75) is 23.1 Å². The molecule has 0 spiro atoms. The summed E-state index contributed by atoms with van der Waals surface area (Å²) < 4.78 is -2.07. The molecule has 1 aliphatic heterocycles. The van der Waals surface area contributed by atoms with Gasteiger partial charge in [-0.2, -0.15) is 0 Å². The fourth-order valence-electron chi connectivity index (χ4n) is 2.54. The first-order valence-electron chi connectivity index (χ1n) is 7.32. The normalized spacial score (nSPS) is 17.8. The summed E-state index contributed by atoms with van der Waals surface area (Å²) in [6, 6.07) is 7.76. The minimum atomic E-state index is -2.07. The van der Waals surface area contributed by atoms with Gasteiger partial charge in [-0.05, 0) is 24.6 Å². The molecule has 1 unspecified atom stereocenters. The Labute approximate surface area is 163 Å². The third-order valence-electron chi connectivity index (χ3n) is 3.71. The molecule has 1 atom stereocenters. The summed E-state index contributed by atoms with van der Waals surface area (Å²) in [6.07, 6.45) is 0.334. The van der Waals surface area contributed by atoms with Crippen molar-refractivity contribution in [3.8, 4) is 0 Å². The molecule has 132 valence electrons. The maximum Gasteiger partial charge on any atom is 0.278 e. The minimum Gasteiger partial charge on any atom is -0.312 e. The second-order valence-corrected chi connectivity index (χ2v) is 8.93. The second kappa shape index (κ2) is 7.07. The smallest absolute Gasteiger partial charge is 0.278 e. The van der Waals surface area contributed by atoms with E-state index < -0.39 is 9.70 Å². The number of nitrogens with zero attached hydrogens (tertiary/aromatic N) is 3. The Morgan fingerprint density at radius 3 is 2.80 bits per heavy atom. The molecular weight excluding hydrogens is 407 g/mol. The zero-order valence-electron chi connectivity index (χ0n) is 13.0. The van der Waals surface area contributed by atoms with E-state index in [-0.39, 0.29) is 17.0 Å². The van der Waals surface area contributed by atoms with Crippen molar-refractivity contribution in [1.82, 2.24) is 10.2 Å². The van der Waals surface area contributed by atoms with Gasteiger partial charge in [0.15, 0.2) is 0 Å². The summed E-state index contributed by atoms with van der Waals surface area (Å²) >= 11 is 17.7. The van der Waals surface area contributed by atoms with Gasteiger partial charge in [0.05, 0.1) is 0 Å². The summed E-state index contributed by atoms with van der Waals surface area (Å²) in [5.74, 6) is -0.870. The molecule has 1 aliphatic rings. The number of nitrogens with one attached hydrogen (secondary N) is 1. The van der Waals surface area contributed by atoms with Crippen molar-refractivity contribution in [2.75, 3.05) is 16.8 Å². The first kappa shape index (κ1) is 18.4. The molecule has 0 saturated carbocycles. The molecule has 2 amide bonds. The molecule has 1 N–H and O–H groups in total. The van der Waals surface area contributed by atoms with Crippen molar-refractivity contribution >= 4 is 68.8 Å². The Hall–Kier alpha value is -1.41. The number of anilines is 2. The first-order valence-corrected chi connectivity index (χ1v) is 9.27. The van der Waals surface area contributed by atoms with Crippen LogP contribution in [0.1, 0.15) is 22.9 Å². The first-order chi connectivity index (χ1) is 11.7. The number of halogens is 3. The molecule has 0 aliphatic carbocycles. The van der Waals surface area contributed by atoms with Gasteiger partial charge in [-0.1, -0.05) is 58.3 Å². The van der Waals surface area contributed by atoms with E-state index in [1.54, 1.807) is 4.90 Å². The van der Waals surface area contributed by atoms with Crippen LogP contribution in [0.25, 0.3) is 0 Å². The van der Waals surface area contributed by atoms with Gasteiger partial charge in [0.25, 0.3) is 9.70 Å². The van der Waals surface area contributed by atoms with Gasteiger partial charge in [-0.3, -0.25) is 14.9 Å². The lowest BCUT2D eigenvalue weighted by Gasteiger charge is -2.16. The van der Waals surface area contributed by atoms with E-state index in [9.17, 15) is 9.59 Å². The molecule has 1 fully saturated rings. The molecule has 25 heavy (non-hydrogen) atoms. The number of hydrogen-bond acceptors (Lipinski definition) is 5. The topological polar surface area (TPSA) is 75.2 Å². The van der Waals surface area contributed by atoms with Crippen molar-refractivity contribution in [3.63, 3.8) is 0 Å². The van der Waals surface area contributed by atoms with E-state index in [2.05, 4.69) is 15.5 Å². The Morgan fingerprint density at radius 2 is 2.12 bits per heavy atom. The lowest BCUT2D eigenvalue weighted by Crippen LogP contribution is -2.26. The van der Waals surface area contributed by atoms with Crippen molar-refractivity contribution < 1.29 is 9.59 Å². The van der Waals surface area contributed by atoms with Crippen molar-refractivity contribution in [1.29, 1.82) is 0 Å². The standard InChI is InChI=1S/C15H13Cl3N4O2S/c1-8-3-2-4-10(5-8)22-7-9(6-11(22)23)12-20-21-14(25-12)19-13(24)15(16,17)18/h2-5,9H,6-7H2,1H3,(H,19,21,24). The highest BCUT2D eigenvalue weighted by Gasteiger charge is 2.35.